The summed E-state index contributed by atoms with van der Waals surface area (Å²) < 4.78 is 29.2. The molecule has 1 aromatic heterocycles. The van der Waals surface area contributed by atoms with Crippen LogP contribution in [0.1, 0.15) is 66.1 Å². The van der Waals surface area contributed by atoms with Crippen molar-refractivity contribution in [2.75, 3.05) is 6.54 Å². The fourth-order valence-corrected chi connectivity index (χ4v) is 5.70. The molecule has 37 heavy (non-hydrogen) atoms. The summed E-state index contributed by atoms with van der Waals surface area (Å²) in [4.78, 5) is 47.0. The average molecular weight is 535 g/mol. The van der Waals surface area contributed by atoms with Crippen molar-refractivity contribution in [2.24, 2.45) is 11.1 Å². The molecule has 0 radical (unpaired) electrons. The number of fused-ring (bicyclic) bond motifs is 5. The molecule has 1 fully saturated rings. The third-order valence-electron chi connectivity index (χ3n) is 7.95. The van der Waals surface area contributed by atoms with Gasteiger partial charge in [0.1, 0.15) is 22.2 Å². The molecule has 2 amide bonds. The molecule has 4 heterocycles. The van der Waals surface area contributed by atoms with Crippen LogP contribution in [0.5, 0.6) is 5.75 Å². The fourth-order valence-electron chi connectivity index (χ4n) is 5.51. The molecule has 1 saturated heterocycles. The summed E-state index contributed by atoms with van der Waals surface area (Å²) in [6.07, 6.45) is 2.42. The van der Waals surface area contributed by atoms with E-state index in [0.717, 1.165) is 17.8 Å². The SMILES string of the molecule is CC1=NO[C@@]2(CC[C@H](C)N3C[C@H]2n2cc(C(=O)NCc4ccc(F)c(Cl)c4F)c(=O)c(O)c2C3=O)[C@H]1C. The minimum absolute atomic E-state index is 0.0923. The standard InChI is InChI=1S/C25H25ClF2N4O5/c1-11-6-7-25(12(2)13(3)30-37-25)17-10-31(11)24(36)20-22(34)21(33)15(9-32(17)20)23(35)29-8-14-4-5-16(27)18(26)19(14)28/h4-5,9,11-12,17,34H,6-8,10H2,1-3H3,(H,29,35)/t11-,12-,17+,25-/m0/s1. The third kappa shape index (κ3) is 3.70. The first kappa shape index (κ1) is 25.2. The van der Waals surface area contributed by atoms with Gasteiger partial charge in [0.25, 0.3) is 11.8 Å². The Morgan fingerprint density at radius 3 is 2.73 bits per heavy atom. The van der Waals surface area contributed by atoms with Gasteiger partial charge in [0, 0.05) is 36.8 Å². The summed E-state index contributed by atoms with van der Waals surface area (Å²) in [5.74, 6) is -4.38. The summed E-state index contributed by atoms with van der Waals surface area (Å²) in [5, 5.41) is 16.8. The van der Waals surface area contributed by atoms with Gasteiger partial charge in [-0.1, -0.05) is 29.7 Å². The summed E-state index contributed by atoms with van der Waals surface area (Å²) in [5.41, 5.74) is -1.86. The predicted octanol–water partition coefficient (Wildman–Crippen LogP) is 3.38. The van der Waals surface area contributed by atoms with Crippen LogP contribution in [-0.4, -0.2) is 50.3 Å². The normalized spacial score (nSPS) is 26.4. The topological polar surface area (TPSA) is 113 Å². The Bertz CT molecular complexity index is 1430. The van der Waals surface area contributed by atoms with Gasteiger partial charge in [-0.2, -0.15) is 0 Å². The molecule has 12 heteroatoms. The van der Waals surface area contributed by atoms with Crippen LogP contribution in [0, 0.1) is 17.6 Å². The Balaban J connectivity index is 1.56. The van der Waals surface area contributed by atoms with Gasteiger partial charge in [-0.15, -0.1) is 0 Å². The van der Waals surface area contributed by atoms with Gasteiger partial charge >= 0.3 is 0 Å². The highest BCUT2D eigenvalue weighted by atomic mass is 35.5. The van der Waals surface area contributed by atoms with E-state index in [2.05, 4.69) is 10.5 Å². The molecule has 196 valence electrons. The Morgan fingerprint density at radius 1 is 1.32 bits per heavy atom. The number of nitrogens with zero attached hydrogens (tertiary/aromatic N) is 3. The molecular weight excluding hydrogens is 510 g/mol. The number of carbonyl (C=O) groups excluding carboxylic acids is 2. The molecule has 1 spiro atoms. The summed E-state index contributed by atoms with van der Waals surface area (Å²) in [7, 11) is 0. The van der Waals surface area contributed by atoms with Crippen molar-refractivity contribution in [3.8, 4) is 5.75 Å². The zero-order valence-corrected chi connectivity index (χ0v) is 21.1. The van der Waals surface area contributed by atoms with Gasteiger partial charge in [-0.3, -0.25) is 14.4 Å². The number of carbonyl (C=O) groups is 2. The van der Waals surface area contributed by atoms with Crippen molar-refractivity contribution < 1.29 is 28.3 Å². The van der Waals surface area contributed by atoms with E-state index in [4.69, 9.17) is 16.4 Å². The lowest BCUT2D eigenvalue weighted by Gasteiger charge is -2.43. The quantitative estimate of drug-likeness (QED) is 0.586. The molecule has 3 aliphatic rings. The Kier molecular flexibility index (Phi) is 6.01. The predicted molar refractivity (Wildman–Crippen MR) is 130 cm³/mol. The van der Waals surface area contributed by atoms with E-state index in [1.807, 2.05) is 20.8 Å². The van der Waals surface area contributed by atoms with E-state index in [0.29, 0.717) is 12.8 Å². The van der Waals surface area contributed by atoms with Crippen molar-refractivity contribution in [3.63, 3.8) is 0 Å². The van der Waals surface area contributed by atoms with E-state index in [9.17, 15) is 28.3 Å². The lowest BCUT2D eigenvalue weighted by Crippen LogP contribution is -2.54. The Hall–Kier alpha value is -3.47. The molecule has 0 saturated carbocycles. The lowest BCUT2D eigenvalue weighted by molar-refractivity contribution is -0.0864. The maximum absolute atomic E-state index is 14.3. The maximum Gasteiger partial charge on any atom is 0.274 e. The molecule has 9 nitrogen and oxygen atoms in total. The van der Waals surface area contributed by atoms with E-state index < -0.39 is 63.4 Å². The fraction of sp³-hybridized carbons (Fsp3) is 0.440. The summed E-state index contributed by atoms with van der Waals surface area (Å²) in [6, 6.07) is 1.37. The molecule has 1 aromatic carbocycles. The second-order valence-corrected chi connectivity index (χ2v) is 10.2. The van der Waals surface area contributed by atoms with Crippen LogP contribution >= 0.6 is 11.6 Å². The molecule has 0 aliphatic carbocycles. The molecule has 3 aliphatic heterocycles. The van der Waals surface area contributed by atoms with Crippen molar-refractivity contribution >= 4 is 29.1 Å². The highest BCUT2D eigenvalue weighted by Gasteiger charge is 2.57. The number of amides is 2. The smallest absolute Gasteiger partial charge is 0.274 e. The molecule has 4 atom stereocenters. The van der Waals surface area contributed by atoms with Crippen LogP contribution in [0.2, 0.25) is 5.02 Å². The second kappa shape index (κ2) is 8.83. The largest absolute Gasteiger partial charge is 0.503 e. The first-order chi connectivity index (χ1) is 17.5. The van der Waals surface area contributed by atoms with Crippen molar-refractivity contribution in [1.29, 1.82) is 0 Å². The van der Waals surface area contributed by atoms with Gasteiger partial charge in [0.05, 0.1) is 11.8 Å². The highest BCUT2D eigenvalue weighted by molar-refractivity contribution is 6.30. The second-order valence-electron chi connectivity index (χ2n) is 9.86. The van der Waals surface area contributed by atoms with Crippen LogP contribution in [0.3, 0.4) is 0 Å². The first-order valence-electron chi connectivity index (χ1n) is 11.9. The number of aromatic hydroxyl groups is 1. The number of nitrogens with one attached hydrogen (secondary N) is 1. The monoisotopic (exact) mass is 534 g/mol. The lowest BCUT2D eigenvalue weighted by atomic mass is 9.76. The van der Waals surface area contributed by atoms with Crippen LogP contribution in [0.4, 0.5) is 8.78 Å². The van der Waals surface area contributed by atoms with Crippen molar-refractivity contribution in [3.05, 3.63) is 62.0 Å². The molecule has 2 bridgehead atoms. The number of rotatable bonds is 3. The van der Waals surface area contributed by atoms with Crippen LogP contribution in [0.15, 0.2) is 28.3 Å². The van der Waals surface area contributed by atoms with Gasteiger partial charge in [-0.25, -0.2) is 8.78 Å². The molecule has 5 rings (SSSR count). The van der Waals surface area contributed by atoms with Gasteiger partial charge in [0.2, 0.25) is 5.43 Å². The van der Waals surface area contributed by atoms with E-state index in [-0.39, 0.29) is 29.8 Å². The molecule has 0 unspecified atom stereocenters. The highest BCUT2D eigenvalue weighted by Crippen LogP contribution is 2.48. The number of aromatic nitrogens is 1. The maximum atomic E-state index is 14.3. The average Bonchev–Trinajstić information content (AvgIpc) is 3.08. The van der Waals surface area contributed by atoms with Crippen LogP contribution in [0.25, 0.3) is 0 Å². The van der Waals surface area contributed by atoms with Crippen LogP contribution < -0.4 is 10.7 Å². The number of hydrogen-bond donors (Lipinski definition) is 2. The number of pyridine rings is 1. The van der Waals surface area contributed by atoms with E-state index in [1.165, 1.54) is 10.8 Å². The Labute approximate surface area is 215 Å². The minimum Gasteiger partial charge on any atom is -0.503 e. The van der Waals surface area contributed by atoms with Crippen molar-refractivity contribution in [1.82, 2.24) is 14.8 Å². The zero-order valence-electron chi connectivity index (χ0n) is 20.3. The first-order valence-corrected chi connectivity index (χ1v) is 12.3. The molecule has 2 aromatic rings. The van der Waals surface area contributed by atoms with Crippen molar-refractivity contribution in [2.45, 2.75) is 57.8 Å². The van der Waals surface area contributed by atoms with Gasteiger partial charge < -0.3 is 24.7 Å². The number of hydrogen-bond acceptors (Lipinski definition) is 6. The van der Waals surface area contributed by atoms with Gasteiger partial charge in [-0.05, 0) is 32.8 Å². The van der Waals surface area contributed by atoms with Crippen LogP contribution in [-0.2, 0) is 11.4 Å². The summed E-state index contributed by atoms with van der Waals surface area (Å²) >= 11 is 5.60. The number of oxime groups is 1. The number of halogens is 3. The van der Waals surface area contributed by atoms with Gasteiger partial charge in [0.15, 0.2) is 17.0 Å². The summed E-state index contributed by atoms with van der Waals surface area (Å²) in [6.45, 7) is 5.57. The van der Waals surface area contributed by atoms with E-state index >= 15 is 0 Å². The zero-order chi connectivity index (χ0) is 26.8. The molecule has 2 N–H and O–H groups in total. The molecular formula is C25H25ClF2N4O5. The number of benzene rings is 1. The Morgan fingerprint density at radius 2 is 2.05 bits per heavy atom. The minimum atomic E-state index is -1.04. The van der Waals surface area contributed by atoms with E-state index in [1.54, 1.807) is 4.90 Å². The third-order valence-corrected chi connectivity index (χ3v) is 8.29.